The summed E-state index contributed by atoms with van der Waals surface area (Å²) < 4.78 is 300. The molecule has 0 unspecified atom stereocenters. The normalized spacial score (nSPS) is 13.2. The minimum atomic E-state index is -1.35. The molecule has 2 aromatic heterocycles. The van der Waals surface area contributed by atoms with E-state index in [1.54, 1.807) is 84.9 Å². The van der Waals surface area contributed by atoms with Gasteiger partial charge in [-0.3, -0.25) is 9.80 Å². The van der Waals surface area contributed by atoms with Crippen LogP contribution in [0.15, 0.2) is 285 Å². The predicted molar refractivity (Wildman–Crippen MR) is 478 cm³/mol. The Morgan fingerprint density at radius 3 is 0.885 bits per heavy atom. The second kappa shape index (κ2) is 29.1. The van der Waals surface area contributed by atoms with Crippen molar-refractivity contribution in [2.75, 3.05) is 29.4 Å². The van der Waals surface area contributed by atoms with Crippen LogP contribution in [0.5, 0.6) is 34.5 Å². The van der Waals surface area contributed by atoms with Gasteiger partial charge in [-0.1, -0.05) is 91.0 Å². The molecule has 6 aliphatic heterocycles. The molecule has 30 heteroatoms. The fraction of sp³-hybridized carbons (Fsp3) is 0. The van der Waals surface area contributed by atoms with Gasteiger partial charge in [-0.25, -0.2) is 70.2 Å². The van der Waals surface area contributed by atoms with Gasteiger partial charge < -0.3 is 33.8 Å². The summed E-state index contributed by atoms with van der Waals surface area (Å²) in [6.45, 7) is -3.89. The lowest BCUT2D eigenvalue weighted by atomic mass is 9.30. The quantitative estimate of drug-likeness (QED) is 0.0879. The van der Waals surface area contributed by atoms with Crippen molar-refractivity contribution < 1.29 is 84.5 Å². The molecule has 0 fully saturated rings. The van der Waals surface area contributed by atoms with Crippen LogP contribution in [-0.4, -0.2) is 20.1 Å². The number of anilines is 18. The number of halogens is 16. The standard InChI is InChI=1S/C100H47B3F16N6O3S2/c104-48-32-34-85-55(36-48)97-99(129-85)102-58-44-57-75(46-76(58)124(95-71(116)28-12-29-72(95)117)79-39-53(42-83(127-97)88(79)102)121(90-61(106)18-7-19-62(90)107)91-63(108)20-8-21-64(91)109)123(94-69(114)26-11-27-70(94)115)78-38-52(120(50-14-3-1-4-15-50)51-16-5-2-6-17-51)41-82-87(78)101(57)60-45-59-77(47-81(60)126-82)125(96-73(118)30-13-31-74(96)119)80-40-54(122(92-65(110)22-9-23-66(92)111)93-67(112)24-10-25-68(93)113)43-84-89(80)103(59)100-98(128-84)56-37-49(105)33-35-86(56)130-100/h1-47H. The van der Waals surface area contributed by atoms with Crippen molar-refractivity contribution in [3.05, 3.63) is 378 Å². The zero-order chi connectivity index (χ0) is 88.6. The maximum Gasteiger partial charge on any atom is 0.268 e. The van der Waals surface area contributed by atoms with Gasteiger partial charge in [0, 0.05) is 99.5 Å². The van der Waals surface area contributed by atoms with Gasteiger partial charge in [0.1, 0.15) is 167 Å². The molecule has 6 aliphatic rings. The van der Waals surface area contributed by atoms with Crippen LogP contribution in [0.3, 0.4) is 0 Å². The molecule has 9 nitrogen and oxygen atoms in total. The van der Waals surface area contributed by atoms with E-state index in [0.717, 1.165) is 155 Å². The number of ether oxygens (including phenoxy) is 3. The lowest BCUT2D eigenvalue weighted by Gasteiger charge is -2.45. The van der Waals surface area contributed by atoms with Crippen molar-refractivity contribution in [3.63, 3.8) is 0 Å². The smallest absolute Gasteiger partial charge is 0.268 e. The SMILES string of the molecule is Fc1ccc2sc3c(c2c1)Oc1cc(N(c2c(F)cccc2F)c2c(F)cccc2F)cc2c1B3c1cc3c(cc1N2c1c(F)cccc1F)Oc1cc(N(c2ccccc2)c2ccccc2)cc2c1B3c1cc3c(cc1N2c1c(F)cccc1F)N(c1c(F)cccc1F)c1cc(N(c2c(F)cccc2F)c2c(F)cccc2F)cc2c1B3c1sc3ccc(F)cc3c1O2. The molecule has 628 valence electrons. The molecule has 24 rings (SSSR count). The summed E-state index contributed by atoms with van der Waals surface area (Å²) in [6, 6.07) is 60.5. The summed E-state index contributed by atoms with van der Waals surface area (Å²) in [6.07, 6.45) is 0. The second-order valence-electron chi connectivity index (χ2n) is 31.7. The van der Waals surface area contributed by atoms with Crippen molar-refractivity contribution in [1.82, 2.24) is 0 Å². The molecule has 0 N–H and O–H groups in total. The molecule has 18 aromatic rings. The molecule has 0 atom stereocenters. The Bertz CT molecular complexity index is 7730. The molecule has 16 aromatic carbocycles. The molecule has 0 amide bonds. The number of hydrogen-bond donors (Lipinski definition) is 0. The van der Waals surface area contributed by atoms with Gasteiger partial charge in [0.15, 0.2) is 0 Å². The van der Waals surface area contributed by atoms with Crippen molar-refractivity contribution in [3.8, 4) is 34.5 Å². The Morgan fingerprint density at radius 2 is 0.531 bits per heavy atom. The first kappa shape index (κ1) is 78.2. The topological polar surface area (TPSA) is 47.1 Å². The largest absolute Gasteiger partial charge is 0.458 e. The molecule has 0 radical (unpaired) electrons. The van der Waals surface area contributed by atoms with Crippen molar-refractivity contribution >= 4 is 213 Å². The van der Waals surface area contributed by atoms with Crippen LogP contribution in [0, 0.1) is 93.1 Å². The number of thiophene rings is 2. The van der Waals surface area contributed by atoms with E-state index in [2.05, 4.69) is 0 Å². The van der Waals surface area contributed by atoms with Gasteiger partial charge in [-0.05, 0) is 208 Å². The minimum Gasteiger partial charge on any atom is -0.458 e. The van der Waals surface area contributed by atoms with Gasteiger partial charge in [-0.15, -0.1) is 22.7 Å². The first-order valence-corrected chi connectivity index (χ1v) is 42.1. The summed E-state index contributed by atoms with van der Waals surface area (Å²) in [5, 5.41) is 0.373. The van der Waals surface area contributed by atoms with Crippen LogP contribution in [0.1, 0.15) is 0 Å². The second-order valence-corrected chi connectivity index (χ2v) is 33.9. The monoisotopic (exact) mass is 1780 g/mol. The Morgan fingerprint density at radius 1 is 0.231 bits per heavy atom. The number of hydrogen-bond acceptors (Lipinski definition) is 11. The van der Waals surface area contributed by atoms with E-state index in [4.69, 9.17) is 14.2 Å². The first-order chi connectivity index (χ1) is 63.1. The van der Waals surface area contributed by atoms with Crippen molar-refractivity contribution in [2.45, 2.75) is 0 Å². The molecule has 0 saturated carbocycles. The molecule has 8 heterocycles. The lowest BCUT2D eigenvalue weighted by Crippen LogP contribution is -2.65. The van der Waals surface area contributed by atoms with E-state index in [0.29, 0.717) is 40.1 Å². The Kier molecular flexibility index (Phi) is 17.5. The zero-order valence-electron chi connectivity index (χ0n) is 66.1. The van der Waals surface area contributed by atoms with Gasteiger partial charge in [0.05, 0.1) is 17.1 Å². The van der Waals surface area contributed by atoms with E-state index < -0.39 is 164 Å². The van der Waals surface area contributed by atoms with E-state index in [1.807, 2.05) is 4.90 Å². The minimum absolute atomic E-state index is 0.00909. The van der Waals surface area contributed by atoms with Crippen LogP contribution in [0.25, 0.3) is 20.2 Å². The predicted octanol–water partition coefficient (Wildman–Crippen LogP) is 24.0. The van der Waals surface area contributed by atoms with Gasteiger partial charge in [0.25, 0.3) is 20.1 Å². The molecule has 0 saturated heterocycles. The third kappa shape index (κ3) is 11.6. The summed E-state index contributed by atoms with van der Waals surface area (Å²) in [5.41, 5.74) is -5.85. The van der Waals surface area contributed by atoms with Crippen LogP contribution < -0.4 is 91.4 Å². The lowest BCUT2D eigenvalue weighted by molar-refractivity contribution is 0.487. The van der Waals surface area contributed by atoms with E-state index in [9.17, 15) is 0 Å². The average molecular weight is 1780 g/mol. The highest BCUT2D eigenvalue weighted by atomic mass is 32.1. The van der Waals surface area contributed by atoms with E-state index in [1.165, 1.54) is 82.6 Å². The molecular weight excluding hydrogens is 1730 g/mol. The fourth-order valence-corrected chi connectivity index (χ4v) is 21.9. The van der Waals surface area contributed by atoms with E-state index in [-0.39, 0.29) is 123 Å². The number of benzene rings is 16. The van der Waals surface area contributed by atoms with Gasteiger partial charge >= 0.3 is 0 Å². The molecule has 0 aliphatic carbocycles. The maximum absolute atomic E-state index is 18.4. The third-order valence-electron chi connectivity index (χ3n) is 24.6. The molecule has 0 spiro atoms. The Balaban J connectivity index is 0.839. The van der Waals surface area contributed by atoms with Crippen molar-refractivity contribution in [2.24, 2.45) is 0 Å². The Labute approximate surface area is 735 Å². The van der Waals surface area contributed by atoms with Crippen LogP contribution >= 0.6 is 22.7 Å². The van der Waals surface area contributed by atoms with Crippen LogP contribution in [0.4, 0.5) is 173 Å². The summed E-state index contributed by atoms with van der Waals surface area (Å²) >= 11 is 2.27. The summed E-state index contributed by atoms with van der Waals surface area (Å²) in [5.74, 6) is -19.8. The zero-order valence-corrected chi connectivity index (χ0v) is 67.8. The van der Waals surface area contributed by atoms with Crippen LogP contribution in [0.2, 0.25) is 0 Å². The summed E-state index contributed by atoms with van der Waals surface area (Å²) in [7, 11) is 0. The van der Waals surface area contributed by atoms with Crippen molar-refractivity contribution in [1.29, 1.82) is 0 Å². The molecule has 0 bridgehead atoms. The van der Waals surface area contributed by atoms with Gasteiger partial charge in [-0.2, -0.15) is 0 Å². The number of rotatable bonds is 12. The fourth-order valence-electron chi connectivity index (χ4n) is 19.4. The summed E-state index contributed by atoms with van der Waals surface area (Å²) in [4.78, 5) is 6.66. The first-order valence-electron chi connectivity index (χ1n) is 40.5. The Hall–Kier alpha value is -15.3. The highest BCUT2D eigenvalue weighted by molar-refractivity contribution is 7.34. The number of fused-ring (bicyclic) bond motifs is 16. The number of para-hydroxylation sites is 9. The molecule has 130 heavy (non-hydrogen) atoms. The van der Waals surface area contributed by atoms with E-state index >= 15 is 70.2 Å². The highest BCUT2D eigenvalue weighted by Gasteiger charge is 2.53. The molecular formula is C100H47B3F16N6O3S2. The maximum atomic E-state index is 18.4. The third-order valence-corrected chi connectivity index (χ3v) is 27.0. The highest BCUT2D eigenvalue weighted by Crippen LogP contribution is 2.57. The average Bonchev–Trinajstić information content (AvgIpc) is 1.08. The number of nitrogens with zero attached hydrogens (tertiary/aromatic N) is 6. The van der Waals surface area contributed by atoms with Gasteiger partial charge in [0.2, 0.25) is 0 Å². The van der Waals surface area contributed by atoms with Crippen LogP contribution in [-0.2, 0) is 0 Å².